The highest BCUT2D eigenvalue weighted by Crippen LogP contribution is 2.29. The summed E-state index contributed by atoms with van der Waals surface area (Å²) in [5.41, 5.74) is 2.79. The standard InChI is InChI=1S/C18H32N2/c1-7-17(19-8-2)16-11-9-10-12-18(16)20(6)15(5)13-14(3)4/h9-12,14-15,17,19H,7-8,13H2,1-6H3. The Hall–Kier alpha value is -1.02. The fourth-order valence-electron chi connectivity index (χ4n) is 2.90. The SMILES string of the molecule is CCNC(CC)c1ccccc1N(C)C(C)CC(C)C. The van der Waals surface area contributed by atoms with Gasteiger partial charge in [-0.25, -0.2) is 0 Å². The Morgan fingerprint density at radius 3 is 2.30 bits per heavy atom. The summed E-state index contributed by atoms with van der Waals surface area (Å²) in [5.74, 6) is 0.732. The van der Waals surface area contributed by atoms with Gasteiger partial charge in [0, 0.05) is 24.8 Å². The molecule has 2 unspecified atom stereocenters. The molecule has 0 saturated heterocycles. The van der Waals surface area contributed by atoms with Crippen LogP contribution in [-0.4, -0.2) is 19.6 Å². The Kier molecular flexibility index (Phi) is 7.08. The van der Waals surface area contributed by atoms with Crippen LogP contribution in [0.25, 0.3) is 0 Å². The summed E-state index contributed by atoms with van der Waals surface area (Å²) in [4.78, 5) is 2.44. The number of anilines is 1. The van der Waals surface area contributed by atoms with Gasteiger partial charge >= 0.3 is 0 Å². The van der Waals surface area contributed by atoms with Crippen molar-refractivity contribution < 1.29 is 0 Å². The van der Waals surface area contributed by atoms with Crippen LogP contribution in [0.4, 0.5) is 5.69 Å². The quantitative estimate of drug-likeness (QED) is 0.745. The normalized spacial score (nSPS) is 14.3. The smallest absolute Gasteiger partial charge is 0.0414 e. The number of nitrogens with zero attached hydrogens (tertiary/aromatic N) is 1. The molecule has 1 rings (SSSR count). The second-order valence-corrected chi connectivity index (χ2v) is 6.17. The minimum absolute atomic E-state index is 0.449. The predicted octanol–water partition coefficient (Wildman–Crippen LogP) is 4.62. The number of benzene rings is 1. The van der Waals surface area contributed by atoms with E-state index in [0.717, 1.165) is 18.9 Å². The summed E-state index contributed by atoms with van der Waals surface area (Å²) >= 11 is 0. The molecule has 2 heteroatoms. The molecule has 0 amide bonds. The van der Waals surface area contributed by atoms with Crippen LogP contribution in [-0.2, 0) is 0 Å². The molecule has 114 valence electrons. The average Bonchev–Trinajstić information content (AvgIpc) is 2.43. The summed E-state index contributed by atoms with van der Waals surface area (Å²) in [6.45, 7) is 12.4. The molecule has 0 aliphatic rings. The molecule has 1 aromatic carbocycles. The molecule has 2 atom stereocenters. The lowest BCUT2D eigenvalue weighted by molar-refractivity contribution is 0.498. The first-order valence-electron chi connectivity index (χ1n) is 8.06. The third-order valence-electron chi connectivity index (χ3n) is 4.02. The maximum Gasteiger partial charge on any atom is 0.0414 e. The first-order valence-corrected chi connectivity index (χ1v) is 8.06. The maximum atomic E-state index is 3.60. The molecule has 0 spiro atoms. The van der Waals surface area contributed by atoms with Crippen LogP contribution >= 0.6 is 0 Å². The summed E-state index contributed by atoms with van der Waals surface area (Å²) in [6, 6.07) is 9.84. The van der Waals surface area contributed by atoms with Crippen molar-refractivity contribution in [3.63, 3.8) is 0 Å². The number of rotatable bonds is 8. The summed E-state index contributed by atoms with van der Waals surface area (Å²) < 4.78 is 0. The molecule has 1 aromatic rings. The van der Waals surface area contributed by atoms with Crippen molar-refractivity contribution >= 4 is 5.69 Å². The first-order chi connectivity index (χ1) is 9.51. The van der Waals surface area contributed by atoms with Crippen molar-refractivity contribution in [2.75, 3.05) is 18.5 Å². The maximum absolute atomic E-state index is 3.60. The lowest BCUT2D eigenvalue weighted by atomic mass is 9.99. The van der Waals surface area contributed by atoms with Crippen molar-refractivity contribution in [2.24, 2.45) is 5.92 Å². The molecule has 0 aliphatic heterocycles. The molecule has 0 aliphatic carbocycles. The zero-order chi connectivity index (χ0) is 15.1. The van der Waals surface area contributed by atoms with Gasteiger partial charge in [0.05, 0.1) is 0 Å². The lowest BCUT2D eigenvalue weighted by Gasteiger charge is -2.32. The molecule has 1 N–H and O–H groups in total. The average molecular weight is 276 g/mol. The molecule has 0 heterocycles. The fourth-order valence-corrected chi connectivity index (χ4v) is 2.90. The first kappa shape index (κ1) is 17.0. The third-order valence-corrected chi connectivity index (χ3v) is 4.02. The Morgan fingerprint density at radius 1 is 1.10 bits per heavy atom. The predicted molar refractivity (Wildman–Crippen MR) is 90.5 cm³/mol. The summed E-state index contributed by atoms with van der Waals surface area (Å²) in [5, 5.41) is 3.60. The number of para-hydroxylation sites is 1. The van der Waals surface area contributed by atoms with E-state index >= 15 is 0 Å². The second kappa shape index (κ2) is 8.31. The number of nitrogens with one attached hydrogen (secondary N) is 1. The Balaban J connectivity index is 2.99. The van der Waals surface area contributed by atoms with Gasteiger partial charge < -0.3 is 10.2 Å². The van der Waals surface area contributed by atoms with Crippen LogP contribution < -0.4 is 10.2 Å². The summed E-state index contributed by atoms with van der Waals surface area (Å²) in [7, 11) is 2.23. The molecule has 0 fully saturated rings. The van der Waals surface area contributed by atoms with Crippen molar-refractivity contribution in [3.05, 3.63) is 29.8 Å². The minimum Gasteiger partial charge on any atom is -0.372 e. The van der Waals surface area contributed by atoms with E-state index in [2.05, 4.69) is 76.1 Å². The van der Waals surface area contributed by atoms with Gasteiger partial charge in [-0.15, -0.1) is 0 Å². The van der Waals surface area contributed by atoms with E-state index in [1.54, 1.807) is 0 Å². The van der Waals surface area contributed by atoms with Gasteiger partial charge in [-0.3, -0.25) is 0 Å². The number of hydrogen-bond donors (Lipinski definition) is 1. The molecule has 0 aromatic heterocycles. The van der Waals surface area contributed by atoms with E-state index in [1.165, 1.54) is 17.7 Å². The highest BCUT2D eigenvalue weighted by atomic mass is 15.1. The molecule has 0 bridgehead atoms. The van der Waals surface area contributed by atoms with Gasteiger partial charge in [-0.05, 0) is 43.9 Å². The van der Waals surface area contributed by atoms with Crippen molar-refractivity contribution in [3.8, 4) is 0 Å². The van der Waals surface area contributed by atoms with Crippen molar-refractivity contribution in [1.82, 2.24) is 5.32 Å². The van der Waals surface area contributed by atoms with Crippen LogP contribution in [0.15, 0.2) is 24.3 Å². The highest BCUT2D eigenvalue weighted by Gasteiger charge is 2.18. The molecular formula is C18H32N2. The highest BCUT2D eigenvalue weighted by molar-refractivity contribution is 5.55. The minimum atomic E-state index is 0.449. The molecular weight excluding hydrogens is 244 g/mol. The topological polar surface area (TPSA) is 15.3 Å². The molecule has 20 heavy (non-hydrogen) atoms. The van der Waals surface area contributed by atoms with E-state index in [4.69, 9.17) is 0 Å². The van der Waals surface area contributed by atoms with Crippen LogP contribution in [0.2, 0.25) is 0 Å². The molecule has 0 saturated carbocycles. The van der Waals surface area contributed by atoms with Crippen LogP contribution in [0.3, 0.4) is 0 Å². The van der Waals surface area contributed by atoms with Crippen molar-refractivity contribution in [1.29, 1.82) is 0 Å². The van der Waals surface area contributed by atoms with Gasteiger partial charge in [-0.1, -0.05) is 45.9 Å². The van der Waals surface area contributed by atoms with E-state index in [-0.39, 0.29) is 0 Å². The Morgan fingerprint density at radius 2 is 1.75 bits per heavy atom. The van der Waals surface area contributed by atoms with E-state index < -0.39 is 0 Å². The van der Waals surface area contributed by atoms with Crippen molar-refractivity contribution in [2.45, 2.75) is 59.5 Å². The van der Waals surface area contributed by atoms with Gasteiger partial charge in [0.15, 0.2) is 0 Å². The Labute approximate surface area is 125 Å². The zero-order valence-corrected chi connectivity index (χ0v) is 14.1. The summed E-state index contributed by atoms with van der Waals surface area (Å²) in [6.07, 6.45) is 2.35. The van der Waals surface area contributed by atoms with E-state index in [0.29, 0.717) is 12.1 Å². The zero-order valence-electron chi connectivity index (χ0n) is 14.1. The third kappa shape index (κ3) is 4.52. The van der Waals surface area contributed by atoms with Gasteiger partial charge in [0.25, 0.3) is 0 Å². The lowest BCUT2D eigenvalue weighted by Crippen LogP contribution is -2.32. The van der Waals surface area contributed by atoms with E-state index in [1.807, 2.05) is 0 Å². The Bertz CT molecular complexity index is 387. The fraction of sp³-hybridized carbons (Fsp3) is 0.667. The monoisotopic (exact) mass is 276 g/mol. The van der Waals surface area contributed by atoms with Crippen LogP contribution in [0.5, 0.6) is 0 Å². The largest absolute Gasteiger partial charge is 0.372 e. The second-order valence-electron chi connectivity index (χ2n) is 6.17. The number of hydrogen-bond acceptors (Lipinski definition) is 2. The van der Waals surface area contributed by atoms with Gasteiger partial charge in [0.2, 0.25) is 0 Å². The van der Waals surface area contributed by atoms with Crippen LogP contribution in [0, 0.1) is 5.92 Å². The van der Waals surface area contributed by atoms with Crippen LogP contribution in [0.1, 0.15) is 59.1 Å². The molecule has 0 radical (unpaired) electrons. The van der Waals surface area contributed by atoms with Gasteiger partial charge in [0.1, 0.15) is 0 Å². The molecule has 2 nitrogen and oxygen atoms in total. The van der Waals surface area contributed by atoms with E-state index in [9.17, 15) is 0 Å². The van der Waals surface area contributed by atoms with Gasteiger partial charge in [-0.2, -0.15) is 0 Å².